The fourth-order valence-electron chi connectivity index (χ4n) is 1.53. The molecular weight excluding hydrogens is 212 g/mol. The number of nitrogen functional groups attached to an aromatic ring is 1. The van der Waals surface area contributed by atoms with E-state index in [4.69, 9.17) is 17.3 Å². The minimum absolute atomic E-state index is 0.129. The molecule has 1 aliphatic rings. The standard InChI is InChI=1S/C11H13ClN2O/c1-14(11(15)7-2-3-7)10-6-8(12)4-5-9(10)13/h4-7H,2-3,13H2,1H3. The van der Waals surface area contributed by atoms with Gasteiger partial charge in [0.05, 0.1) is 11.4 Å². The lowest BCUT2D eigenvalue weighted by Gasteiger charge is -2.19. The molecule has 15 heavy (non-hydrogen) atoms. The molecule has 2 rings (SSSR count). The minimum atomic E-state index is 0.129. The molecule has 1 amide bonds. The average Bonchev–Trinajstić information content (AvgIpc) is 3.03. The van der Waals surface area contributed by atoms with E-state index in [1.807, 2.05) is 0 Å². The Morgan fingerprint density at radius 1 is 1.53 bits per heavy atom. The highest BCUT2D eigenvalue weighted by atomic mass is 35.5. The molecule has 0 spiro atoms. The first-order chi connectivity index (χ1) is 7.09. The third-order valence-corrected chi connectivity index (χ3v) is 2.85. The normalized spacial score (nSPS) is 15.1. The van der Waals surface area contributed by atoms with E-state index in [2.05, 4.69) is 0 Å². The van der Waals surface area contributed by atoms with Crippen LogP contribution in [0.3, 0.4) is 0 Å². The van der Waals surface area contributed by atoms with Gasteiger partial charge in [-0.1, -0.05) is 11.6 Å². The Kier molecular flexibility index (Phi) is 2.57. The summed E-state index contributed by atoms with van der Waals surface area (Å²) in [6.07, 6.45) is 1.98. The van der Waals surface area contributed by atoms with Crippen molar-refractivity contribution in [3.8, 4) is 0 Å². The van der Waals surface area contributed by atoms with Crippen LogP contribution in [0, 0.1) is 5.92 Å². The van der Waals surface area contributed by atoms with E-state index >= 15 is 0 Å². The van der Waals surface area contributed by atoms with Crippen LogP contribution in [0.25, 0.3) is 0 Å². The van der Waals surface area contributed by atoms with Gasteiger partial charge < -0.3 is 10.6 Å². The predicted octanol–water partition coefficient (Wildman–Crippen LogP) is 2.29. The fourth-order valence-corrected chi connectivity index (χ4v) is 1.70. The van der Waals surface area contributed by atoms with Gasteiger partial charge in [-0.2, -0.15) is 0 Å². The van der Waals surface area contributed by atoms with Gasteiger partial charge in [-0.05, 0) is 31.0 Å². The lowest BCUT2D eigenvalue weighted by Crippen LogP contribution is -2.28. The second-order valence-corrected chi connectivity index (χ2v) is 4.31. The number of nitrogens with two attached hydrogens (primary N) is 1. The van der Waals surface area contributed by atoms with E-state index in [-0.39, 0.29) is 11.8 Å². The third kappa shape index (κ3) is 2.07. The number of anilines is 2. The first-order valence-corrected chi connectivity index (χ1v) is 5.30. The summed E-state index contributed by atoms with van der Waals surface area (Å²) < 4.78 is 0. The van der Waals surface area contributed by atoms with E-state index in [1.165, 1.54) is 0 Å². The first-order valence-electron chi connectivity index (χ1n) is 4.92. The number of hydrogen-bond donors (Lipinski definition) is 1. The molecule has 1 aromatic carbocycles. The molecule has 0 unspecified atom stereocenters. The van der Waals surface area contributed by atoms with Crippen molar-refractivity contribution in [2.45, 2.75) is 12.8 Å². The number of halogens is 1. The van der Waals surface area contributed by atoms with E-state index < -0.39 is 0 Å². The molecule has 0 aromatic heterocycles. The van der Waals surface area contributed by atoms with Crippen molar-refractivity contribution in [3.63, 3.8) is 0 Å². The van der Waals surface area contributed by atoms with Crippen molar-refractivity contribution in [1.29, 1.82) is 0 Å². The van der Waals surface area contributed by atoms with Crippen LogP contribution in [0.4, 0.5) is 11.4 Å². The molecule has 1 fully saturated rings. The van der Waals surface area contributed by atoms with Gasteiger partial charge >= 0.3 is 0 Å². The molecule has 0 radical (unpaired) electrons. The highest BCUT2D eigenvalue weighted by Crippen LogP contribution is 2.34. The quantitative estimate of drug-likeness (QED) is 0.784. The van der Waals surface area contributed by atoms with E-state index in [9.17, 15) is 4.79 Å². The molecule has 1 aliphatic carbocycles. The second kappa shape index (κ2) is 3.74. The van der Waals surface area contributed by atoms with Gasteiger partial charge in [0, 0.05) is 18.0 Å². The maximum Gasteiger partial charge on any atom is 0.229 e. The van der Waals surface area contributed by atoms with Gasteiger partial charge in [0.1, 0.15) is 0 Å². The van der Waals surface area contributed by atoms with Crippen molar-refractivity contribution in [3.05, 3.63) is 23.2 Å². The number of nitrogens with zero attached hydrogens (tertiary/aromatic N) is 1. The lowest BCUT2D eigenvalue weighted by atomic mass is 10.2. The topological polar surface area (TPSA) is 46.3 Å². The third-order valence-electron chi connectivity index (χ3n) is 2.61. The Bertz CT molecular complexity index is 402. The van der Waals surface area contributed by atoms with Gasteiger partial charge in [0.15, 0.2) is 0 Å². The molecule has 0 bridgehead atoms. The van der Waals surface area contributed by atoms with Crippen LogP contribution in [0.2, 0.25) is 5.02 Å². The second-order valence-electron chi connectivity index (χ2n) is 3.87. The van der Waals surface area contributed by atoms with Crippen LogP contribution in [0.5, 0.6) is 0 Å². The number of amides is 1. The maximum absolute atomic E-state index is 11.8. The number of carbonyl (C=O) groups excluding carboxylic acids is 1. The maximum atomic E-state index is 11.8. The Balaban J connectivity index is 2.27. The molecule has 1 saturated carbocycles. The zero-order valence-electron chi connectivity index (χ0n) is 8.53. The van der Waals surface area contributed by atoms with Crippen molar-refractivity contribution in [2.75, 3.05) is 17.7 Å². The monoisotopic (exact) mass is 224 g/mol. The SMILES string of the molecule is CN(C(=O)C1CC1)c1cc(Cl)ccc1N. The number of carbonyl (C=O) groups is 1. The zero-order valence-corrected chi connectivity index (χ0v) is 9.29. The average molecular weight is 225 g/mol. The Morgan fingerprint density at radius 2 is 2.20 bits per heavy atom. The van der Waals surface area contributed by atoms with Gasteiger partial charge in [0.2, 0.25) is 5.91 Å². The Morgan fingerprint density at radius 3 is 2.80 bits per heavy atom. The fraction of sp³-hybridized carbons (Fsp3) is 0.364. The summed E-state index contributed by atoms with van der Waals surface area (Å²) in [5.41, 5.74) is 7.07. The summed E-state index contributed by atoms with van der Waals surface area (Å²) in [7, 11) is 1.74. The summed E-state index contributed by atoms with van der Waals surface area (Å²) >= 11 is 5.87. The summed E-state index contributed by atoms with van der Waals surface area (Å²) in [5, 5.41) is 0.592. The summed E-state index contributed by atoms with van der Waals surface area (Å²) in [6.45, 7) is 0. The summed E-state index contributed by atoms with van der Waals surface area (Å²) in [6, 6.07) is 5.15. The van der Waals surface area contributed by atoms with Crippen LogP contribution in [0.15, 0.2) is 18.2 Å². The highest BCUT2D eigenvalue weighted by Gasteiger charge is 2.32. The van der Waals surface area contributed by atoms with Gasteiger partial charge in [0.25, 0.3) is 0 Å². The van der Waals surface area contributed by atoms with E-state index in [0.717, 1.165) is 12.8 Å². The molecule has 80 valence electrons. The molecule has 1 aromatic rings. The minimum Gasteiger partial charge on any atom is -0.397 e. The van der Waals surface area contributed by atoms with Crippen molar-refractivity contribution in [2.24, 2.45) is 5.92 Å². The van der Waals surface area contributed by atoms with Crippen molar-refractivity contribution in [1.82, 2.24) is 0 Å². The Labute approximate surface area is 93.8 Å². The van der Waals surface area contributed by atoms with Crippen LogP contribution in [0.1, 0.15) is 12.8 Å². The molecule has 0 aliphatic heterocycles. The molecular formula is C11H13ClN2O. The zero-order chi connectivity index (χ0) is 11.0. The lowest BCUT2D eigenvalue weighted by molar-refractivity contribution is -0.119. The molecule has 0 saturated heterocycles. The van der Waals surface area contributed by atoms with Gasteiger partial charge in [-0.3, -0.25) is 4.79 Å². The number of hydrogen-bond acceptors (Lipinski definition) is 2. The van der Waals surface area contributed by atoms with E-state index in [0.29, 0.717) is 16.4 Å². The van der Waals surface area contributed by atoms with Crippen LogP contribution >= 0.6 is 11.6 Å². The predicted molar refractivity (Wildman–Crippen MR) is 62.0 cm³/mol. The smallest absolute Gasteiger partial charge is 0.229 e. The van der Waals surface area contributed by atoms with Gasteiger partial charge in [-0.15, -0.1) is 0 Å². The van der Waals surface area contributed by atoms with Crippen LogP contribution in [-0.4, -0.2) is 13.0 Å². The molecule has 0 atom stereocenters. The van der Waals surface area contributed by atoms with Crippen LogP contribution in [-0.2, 0) is 4.79 Å². The van der Waals surface area contributed by atoms with Gasteiger partial charge in [-0.25, -0.2) is 0 Å². The first kappa shape index (κ1) is 10.3. The molecule has 3 nitrogen and oxygen atoms in total. The molecule has 0 heterocycles. The Hall–Kier alpha value is -1.22. The summed E-state index contributed by atoms with van der Waals surface area (Å²) in [4.78, 5) is 13.4. The van der Waals surface area contributed by atoms with Crippen LogP contribution < -0.4 is 10.6 Å². The number of rotatable bonds is 2. The largest absolute Gasteiger partial charge is 0.397 e. The van der Waals surface area contributed by atoms with E-state index in [1.54, 1.807) is 30.1 Å². The van der Waals surface area contributed by atoms with Crippen molar-refractivity contribution >= 4 is 28.9 Å². The van der Waals surface area contributed by atoms with Crippen molar-refractivity contribution < 1.29 is 4.79 Å². The number of benzene rings is 1. The molecule has 4 heteroatoms. The molecule has 2 N–H and O–H groups in total. The highest BCUT2D eigenvalue weighted by molar-refractivity contribution is 6.31. The summed E-state index contributed by atoms with van der Waals surface area (Å²) in [5.74, 6) is 0.317.